The molecule has 1 N–H and O–H groups in total. The first-order valence-corrected chi connectivity index (χ1v) is 10.0. The number of rotatable bonds is 6. The number of carbonyl (C=O) groups is 2. The van der Waals surface area contributed by atoms with Crippen molar-refractivity contribution in [2.45, 2.75) is 40.0 Å². The SMILES string of the molecule is CCNC(=O)[C@]1(Cc2cc(-c3ccccc3)no2)CCCN(C(=O)C(C)C)C1. The van der Waals surface area contributed by atoms with Crippen molar-refractivity contribution in [3.63, 3.8) is 0 Å². The lowest BCUT2D eigenvalue weighted by molar-refractivity contribution is -0.143. The number of aromatic nitrogens is 1. The van der Waals surface area contributed by atoms with Crippen LogP contribution in [0.3, 0.4) is 0 Å². The Morgan fingerprint density at radius 3 is 2.71 bits per heavy atom. The third-order valence-corrected chi connectivity index (χ3v) is 5.34. The van der Waals surface area contributed by atoms with E-state index < -0.39 is 5.41 Å². The van der Waals surface area contributed by atoms with Gasteiger partial charge in [0.05, 0.1) is 5.41 Å². The molecule has 6 heteroatoms. The zero-order valence-corrected chi connectivity index (χ0v) is 16.9. The van der Waals surface area contributed by atoms with Crippen LogP contribution in [0.15, 0.2) is 40.9 Å². The average molecular weight is 383 g/mol. The number of benzene rings is 1. The maximum Gasteiger partial charge on any atom is 0.228 e. The molecule has 0 bridgehead atoms. The molecular formula is C22H29N3O3. The van der Waals surface area contributed by atoms with E-state index in [0.29, 0.717) is 31.8 Å². The molecular weight excluding hydrogens is 354 g/mol. The van der Waals surface area contributed by atoms with E-state index >= 15 is 0 Å². The molecule has 2 heterocycles. The van der Waals surface area contributed by atoms with Crippen molar-refractivity contribution >= 4 is 11.8 Å². The monoisotopic (exact) mass is 383 g/mol. The summed E-state index contributed by atoms with van der Waals surface area (Å²) in [5.74, 6) is 0.661. The standard InChI is InChI=1S/C22H29N3O3/c1-4-23-21(27)22(11-8-12-25(15-22)20(26)16(2)3)14-18-13-19(24-28-18)17-9-6-5-7-10-17/h5-7,9-10,13,16H,4,8,11-12,14-15H2,1-3H3,(H,23,27)/t22-/m0/s1. The number of nitrogens with zero attached hydrogens (tertiary/aromatic N) is 2. The number of piperidine rings is 1. The summed E-state index contributed by atoms with van der Waals surface area (Å²) in [5.41, 5.74) is 1.05. The van der Waals surface area contributed by atoms with Crippen molar-refractivity contribution in [3.05, 3.63) is 42.2 Å². The van der Waals surface area contributed by atoms with E-state index in [2.05, 4.69) is 10.5 Å². The number of likely N-dealkylation sites (tertiary alicyclic amines) is 1. The molecule has 2 aromatic rings. The molecule has 0 aliphatic carbocycles. The van der Waals surface area contributed by atoms with Crippen LogP contribution in [-0.4, -0.2) is 41.5 Å². The van der Waals surface area contributed by atoms with Crippen LogP contribution in [0.25, 0.3) is 11.3 Å². The molecule has 1 saturated heterocycles. The van der Waals surface area contributed by atoms with E-state index in [0.717, 1.165) is 24.1 Å². The van der Waals surface area contributed by atoms with Crippen LogP contribution in [-0.2, 0) is 16.0 Å². The summed E-state index contributed by atoms with van der Waals surface area (Å²) < 4.78 is 5.58. The normalized spacial score (nSPS) is 19.6. The number of amides is 2. The van der Waals surface area contributed by atoms with Gasteiger partial charge < -0.3 is 14.7 Å². The van der Waals surface area contributed by atoms with Gasteiger partial charge in [0.25, 0.3) is 0 Å². The molecule has 0 spiro atoms. The lowest BCUT2D eigenvalue weighted by Gasteiger charge is -2.41. The fourth-order valence-corrected chi connectivity index (χ4v) is 3.92. The van der Waals surface area contributed by atoms with E-state index in [1.54, 1.807) is 0 Å². The Labute approximate surface area is 166 Å². The maximum absolute atomic E-state index is 13.0. The molecule has 1 aromatic carbocycles. The largest absolute Gasteiger partial charge is 0.361 e. The van der Waals surface area contributed by atoms with Gasteiger partial charge in [0.1, 0.15) is 11.5 Å². The average Bonchev–Trinajstić information content (AvgIpc) is 3.16. The molecule has 1 fully saturated rings. The molecule has 1 aliphatic heterocycles. The van der Waals surface area contributed by atoms with Crippen LogP contribution in [0.2, 0.25) is 0 Å². The summed E-state index contributed by atoms with van der Waals surface area (Å²) in [5, 5.41) is 7.15. The van der Waals surface area contributed by atoms with Crippen molar-refractivity contribution in [3.8, 4) is 11.3 Å². The Morgan fingerprint density at radius 1 is 1.29 bits per heavy atom. The van der Waals surface area contributed by atoms with Crippen LogP contribution >= 0.6 is 0 Å². The van der Waals surface area contributed by atoms with Gasteiger partial charge in [0.15, 0.2) is 0 Å². The molecule has 6 nitrogen and oxygen atoms in total. The first kappa shape index (κ1) is 20.1. The Kier molecular flexibility index (Phi) is 6.17. The minimum atomic E-state index is -0.688. The third kappa shape index (κ3) is 4.26. The van der Waals surface area contributed by atoms with Gasteiger partial charge in [-0.3, -0.25) is 9.59 Å². The fourth-order valence-electron chi connectivity index (χ4n) is 3.92. The first-order chi connectivity index (χ1) is 13.4. The highest BCUT2D eigenvalue weighted by Crippen LogP contribution is 2.35. The third-order valence-electron chi connectivity index (χ3n) is 5.34. The van der Waals surface area contributed by atoms with Gasteiger partial charge in [-0.25, -0.2) is 0 Å². The second kappa shape index (κ2) is 8.59. The molecule has 3 rings (SSSR count). The summed E-state index contributed by atoms with van der Waals surface area (Å²) in [6.45, 7) is 7.37. The Hall–Kier alpha value is -2.63. The maximum atomic E-state index is 13.0. The first-order valence-electron chi connectivity index (χ1n) is 10.0. The number of hydrogen-bond donors (Lipinski definition) is 1. The molecule has 2 amide bonds. The Balaban J connectivity index is 1.85. The highest BCUT2D eigenvalue weighted by atomic mass is 16.5. The van der Waals surface area contributed by atoms with E-state index in [1.165, 1.54) is 0 Å². The molecule has 0 saturated carbocycles. The fraction of sp³-hybridized carbons (Fsp3) is 0.500. The van der Waals surface area contributed by atoms with Crippen LogP contribution in [0, 0.1) is 11.3 Å². The second-order valence-electron chi connectivity index (χ2n) is 7.88. The molecule has 1 aliphatic rings. The summed E-state index contributed by atoms with van der Waals surface area (Å²) >= 11 is 0. The van der Waals surface area contributed by atoms with Crippen molar-refractivity contribution in [1.29, 1.82) is 0 Å². The minimum Gasteiger partial charge on any atom is -0.361 e. The predicted octanol–water partition coefficient (Wildman–Crippen LogP) is 3.29. The van der Waals surface area contributed by atoms with Gasteiger partial charge >= 0.3 is 0 Å². The molecule has 150 valence electrons. The van der Waals surface area contributed by atoms with E-state index in [4.69, 9.17) is 4.52 Å². The second-order valence-corrected chi connectivity index (χ2v) is 7.88. The molecule has 0 unspecified atom stereocenters. The van der Waals surface area contributed by atoms with Gasteiger partial charge in [-0.1, -0.05) is 49.3 Å². The summed E-state index contributed by atoms with van der Waals surface area (Å²) in [4.78, 5) is 27.4. The van der Waals surface area contributed by atoms with Crippen molar-refractivity contribution in [2.75, 3.05) is 19.6 Å². The molecule has 1 aromatic heterocycles. The van der Waals surface area contributed by atoms with Crippen LogP contribution < -0.4 is 5.32 Å². The summed E-state index contributed by atoms with van der Waals surface area (Å²) in [6, 6.07) is 11.7. The Morgan fingerprint density at radius 2 is 2.04 bits per heavy atom. The Bertz CT molecular complexity index is 815. The van der Waals surface area contributed by atoms with Gasteiger partial charge in [-0.15, -0.1) is 0 Å². The topological polar surface area (TPSA) is 75.4 Å². The molecule has 28 heavy (non-hydrogen) atoms. The van der Waals surface area contributed by atoms with Crippen molar-refractivity contribution in [1.82, 2.24) is 15.4 Å². The van der Waals surface area contributed by atoms with Gasteiger partial charge in [-0.2, -0.15) is 0 Å². The van der Waals surface area contributed by atoms with Gasteiger partial charge in [0.2, 0.25) is 11.8 Å². The van der Waals surface area contributed by atoms with Crippen LogP contribution in [0.1, 0.15) is 39.4 Å². The van der Waals surface area contributed by atoms with Crippen LogP contribution in [0.5, 0.6) is 0 Å². The lowest BCUT2D eigenvalue weighted by Crippen LogP contribution is -2.55. The lowest BCUT2D eigenvalue weighted by atomic mass is 9.75. The molecule has 1 atom stereocenters. The van der Waals surface area contributed by atoms with E-state index in [-0.39, 0.29) is 17.7 Å². The quantitative estimate of drug-likeness (QED) is 0.831. The minimum absolute atomic E-state index is 0.0195. The van der Waals surface area contributed by atoms with E-state index in [9.17, 15) is 9.59 Å². The zero-order chi connectivity index (χ0) is 20.1. The van der Waals surface area contributed by atoms with Crippen molar-refractivity contribution in [2.24, 2.45) is 11.3 Å². The number of hydrogen-bond acceptors (Lipinski definition) is 4. The zero-order valence-electron chi connectivity index (χ0n) is 16.9. The summed E-state index contributed by atoms with van der Waals surface area (Å²) in [7, 11) is 0. The van der Waals surface area contributed by atoms with Gasteiger partial charge in [0, 0.05) is 43.6 Å². The van der Waals surface area contributed by atoms with Crippen molar-refractivity contribution < 1.29 is 14.1 Å². The van der Waals surface area contributed by atoms with Crippen LogP contribution in [0.4, 0.5) is 0 Å². The highest BCUT2D eigenvalue weighted by Gasteiger charge is 2.44. The number of carbonyl (C=O) groups excluding carboxylic acids is 2. The summed E-state index contributed by atoms with van der Waals surface area (Å²) in [6.07, 6.45) is 1.96. The smallest absolute Gasteiger partial charge is 0.228 e. The van der Waals surface area contributed by atoms with E-state index in [1.807, 2.05) is 62.1 Å². The number of nitrogens with one attached hydrogen (secondary N) is 1. The molecule has 0 radical (unpaired) electrons. The highest BCUT2D eigenvalue weighted by molar-refractivity contribution is 5.85. The van der Waals surface area contributed by atoms with Gasteiger partial charge in [-0.05, 0) is 19.8 Å². The predicted molar refractivity (Wildman–Crippen MR) is 107 cm³/mol.